The van der Waals surface area contributed by atoms with Crippen LogP contribution < -0.4 is 0 Å². The molecule has 0 aliphatic carbocycles. The number of hydrogen-bond acceptors (Lipinski definition) is 3. The molecule has 0 N–H and O–H groups in total. The highest BCUT2D eigenvalue weighted by Crippen LogP contribution is 2.12. The number of furan rings is 1. The molecule has 3 aromatic rings. The van der Waals surface area contributed by atoms with Gasteiger partial charge in [0.1, 0.15) is 12.3 Å². The zero-order valence-electron chi connectivity index (χ0n) is 17.2. The van der Waals surface area contributed by atoms with Crippen molar-refractivity contribution in [2.75, 3.05) is 13.1 Å². The molecule has 0 aliphatic rings. The van der Waals surface area contributed by atoms with Crippen LogP contribution >= 0.6 is 0 Å². The summed E-state index contributed by atoms with van der Waals surface area (Å²) in [5.74, 6) is 0.450. The third-order valence-electron chi connectivity index (χ3n) is 4.91. The van der Waals surface area contributed by atoms with Crippen molar-refractivity contribution in [3.05, 3.63) is 96.7 Å². The van der Waals surface area contributed by atoms with Crippen molar-refractivity contribution < 1.29 is 14.0 Å². The van der Waals surface area contributed by atoms with Crippen LogP contribution in [0.1, 0.15) is 17.0 Å². The summed E-state index contributed by atoms with van der Waals surface area (Å²) < 4.78 is 7.42. The minimum Gasteiger partial charge on any atom is -0.467 e. The van der Waals surface area contributed by atoms with E-state index in [-0.39, 0.29) is 24.8 Å². The Kier molecular flexibility index (Phi) is 7.27. The highest BCUT2D eigenvalue weighted by molar-refractivity contribution is 5.86. The standard InChI is InChI=1S/C24H27N3O3/c1-3-13-26(23(28)16-20-9-5-4-6-10-20)19-24(29)27(18-22-12-8-15-30-22)17-21-11-7-14-25(21)2/h3-12,14-15H,1,13,16-19H2,2H3. The van der Waals surface area contributed by atoms with Gasteiger partial charge in [0.25, 0.3) is 0 Å². The second-order valence-corrected chi connectivity index (χ2v) is 7.16. The number of benzene rings is 1. The van der Waals surface area contributed by atoms with E-state index in [1.54, 1.807) is 28.2 Å². The van der Waals surface area contributed by atoms with Gasteiger partial charge in [-0.1, -0.05) is 36.4 Å². The summed E-state index contributed by atoms with van der Waals surface area (Å²) in [6.45, 7) is 4.81. The molecule has 156 valence electrons. The SMILES string of the molecule is C=CCN(CC(=O)N(Cc1ccco1)Cc1cccn1C)C(=O)Cc1ccccc1. The molecule has 0 aliphatic heterocycles. The van der Waals surface area contributed by atoms with E-state index in [2.05, 4.69) is 6.58 Å². The fourth-order valence-corrected chi connectivity index (χ4v) is 3.24. The van der Waals surface area contributed by atoms with Gasteiger partial charge in [0.2, 0.25) is 11.8 Å². The smallest absolute Gasteiger partial charge is 0.242 e. The molecule has 0 saturated carbocycles. The Morgan fingerprint density at radius 3 is 2.43 bits per heavy atom. The van der Waals surface area contributed by atoms with Crippen LogP contribution in [0.15, 0.2) is 84.1 Å². The highest BCUT2D eigenvalue weighted by atomic mass is 16.3. The van der Waals surface area contributed by atoms with Crippen molar-refractivity contribution in [1.29, 1.82) is 0 Å². The first-order valence-electron chi connectivity index (χ1n) is 9.89. The second kappa shape index (κ2) is 10.3. The molecule has 0 spiro atoms. The molecule has 0 bridgehead atoms. The van der Waals surface area contributed by atoms with Gasteiger partial charge in [-0.2, -0.15) is 0 Å². The monoisotopic (exact) mass is 405 g/mol. The quantitative estimate of drug-likeness (QED) is 0.486. The van der Waals surface area contributed by atoms with Crippen molar-refractivity contribution in [2.45, 2.75) is 19.5 Å². The summed E-state index contributed by atoms with van der Waals surface area (Å²) >= 11 is 0. The molecule has 6 nitrogen and oxygen atoms in total. The normalized spacial score (nSPS) is 10.6. The van der Waals surface area contributed by atoms with Gasteiger partial charge >= 0.3 is 0 Å². The summed E-state index contributed by atoms with van der Waals surface area (Å²) in [7, 11) is 1.94. The molecule has 1 aromatic carbocycles. The molecule has 2 aromatic heterocycles. The molecule has 0 unspecified atom stereocenters. The van der Waals surface area contributed by atoms with Gasteiger partial charge < -0.3 is 18.8 Å². The third kappa shape index (κ3) is 5.73. The van der Waals surface area contributed by atoms with Crippen LogP contribution in [0.25, 0.3) is 0 Å². The Hall–Kier alpha value is -3.54. The lowest BCUT2D eigenvalue weighted by Crippen LogP contribution is -2.43. The number of amides is 2. The maximum atomic E-state index is 13.2. The van der Waals surface area contributed by atoms with Gasteiger partial charge in [0, 0.05) is 25.5 Å². The van der Waals surface area contributed by atoms with Crippen molar-refractivity contribution in [2.24, 2.45) is 7.05 Å². The van der Waals surface area contributed by atoms with Gasteiger partial charge in [-0.05, 0) is 29.8 Å². The summed E-state index contributed by atoms with van der Waals surface area (Å²) in [6, 6.07) is 17.1. The Morgan fingerprint density at radius 2 is 1.80 bits per heavy atom. The third-order valence-corrected chi connectivity index (χ3v) is 4.91. The van der Waals surface area contributed by atoms with Gasteiger partial charge in [0.05, 0.1) is 25.8 Å². The summed E-state index contributed by atoms with van der Waals surface area (Å²) in [4.78, 5) is 29.3. The van der Waals surface area contributed by atoms with Crippen LogP contribution in [0.3, 0.4) is 0 Å². The Morgan fingerprint density at radius 1 is 1.00 bits per heavy atom. The molecular weight excluding hydrogens is 378 g/mol. The van der Waals surface area contributed by atoms with E-state index in [1.165, 1.54) is 0 Å². The molecule has 2 amide bonds. The summed E-state index contributed by atoms with van der Waals surface area (Å²) in [5.41, 5.74) is 1.92. The van der Waals surface area contributed by atoms with E-state index in [0.717, 1.165) is 11.3 Å². The lowest BCUT2D eigenvalue weighted by Gasteiger charge is -2.27. The van der Waals surface area contributed by atoms with Crippen LogP contribution in [-0.4, -0.2) is 39.3 Å². The largest absolute Gasteiger partial charge is 0.467 e. The lowest BCUT2D eigenvalue weighted by molar-refractivity contribution is -0.140. The molecule has 0 atom stereocenters. The number of carbonyl (C=O) groups is 2. The molecule has 3 rings (SSSR count). The average molecular weight is 405 g/mol. The lowest BCUT2D eigenvalue weighted by atomic mass is 10.1. The number of carbonyl (C=O) groups excluding carboxylic acids is 2. The molecular formula is C24H27N3O3. The zero-order valence-corrected chi connectivity index (χ0v) is 17.2. The predicted octanol–water partition coefficient (Wildman–Crippen LogP) is 3.40. The Balaban J connectivity index is 1.72. The zero-order chi connectivity index (χ0) is 21.3. The van der Waals surface area contributed by atoms with Crippen molar-refractivity contribution >= 4 is 11.8 Å². The minimum atomic E-state index is -0.143. The van der Waals surface area contributed by atoms with Crippen molar-refractivity contribution in [3.63, 3.8) is 0 Å². The number of hydrogen-bond donors (Lipinski definition) is 0. The van der Waals surface area contributed by atoms with Gasteiger partial charge in [-0.3, -0.25) is 9.59 Å². The van der Waals surface area contributed by atoms with Crippen LogP contribution in [0.2, 0.25) is 0 Å². The van der Waals surface area contributed by atoms with E-state index in [0.29, 0.717) is 25.4 Å². The topological polar surface area (TPSA) is 58.7 Å². The van der Waals surface area contributed by atoms with E-state index in [9.17, 15) is 9.59 Å². The first-order chi connectivity index (χ1) is 14.6. The molecule has 2 heterocycles. The van der Waals surface area contributed by atoms with Crippen molar-refractivity contribution in [1.82, 2.24) is 14.4 Å². The maximum absolute atomic E-state index is 13.2. The first-order valence-corrected chi connectivity index (χ1v) is 9.89. The Labute approximate surface area is 177 Å². The molecule has 0 radical (unpaired) electrons. The summed E-state index contributed by atoms with van der Waals surface area (Å²) in [6.07, 6.45) is 5.42. The Bertz CT molecular complexity index is 961. The van der Waals surface area contributed by atoms with E-state index < -0.39 is 0 Å². The minimum absolute atomic E-state index is 0.0111. The number of nitrogens with zero attached hydrogens (tertiary/aromatic N) is 3. The van der Waals surface area contributed by atoms with Crippen LogP contribution in [0.5, 0.6) is 0 Å². The predicted molar refractivity (Wildman–Crippen MR) is 115 cm³/mol. The van der Waals surface area contributed by atoms with Crippen LogP contribution in [0, 0.1) is 0 Å². The number of aryl methyl sites for hydroxylation is 1. The van der Waals surface area contributed by atoms with E-state index in [1.807, 2.05) is 66.3 Å². The maximum Gasteiger partial charge on any atom is 0.242 e. The molecule has 6 heteroatoms. The highest BCUT2D eigenvalue weighted by Gasteiger charge is 2.22. The summed E-state index contributed by atoms with van der Waals surface area (Å²) in [5, 5.41) is 0. The van der Waals surface area contributed by atoms with Gasteiger partial charge in [-0.25, -0.2) is 0 Å². The fourth-order valence-electron chi connectivity index (χ4n) is 3.24. The molecule has 30 heavy (non-hydrogen) atoms. The van der Waals surface area contributed by atoms with Gasteiger partial charge in [-0.15, -0.1) is 6.58 Å². The first kappa shape index (κ1) is 21.2. The molecule has 0 saturated heterocycles. The fraction of sp³-hybridized carbons (Fsp3) is 0.250. The average Bonchev–Trinajstić information content (AvgIpc) is 3.40. The number of rotatable bonds is 10. The van der Waals surface area contributed by atoms with Gasteiger partial charge in [0.15, 0.2) is 0 Å². The van der Waals surface area contributed by atoms with E-state index >= 15 is 0 Å². The second-order valence-electron chi connectivity index (χ2n) is 7.16. The van der Waals surface area contributed by atoms with Crippen LogP contribution in [0.4, 0.5) is 0 Å². The van der Waals surface area contributed by atoms with Crippen LogP contribution in [-0.2, 0) is 36.1 Å². The van der Waals surface area contributed by atoms with E-state index in [4.69, 9.17) is 4.42 Å². The van der Waals surface area contributed by atoms with Crippen molar-refractivity contribution in [3.8, 4) is 0 Å². The number of aromatic nitrogens is 1. The molecule has 0 fully saturated rings.